The number of rotatable bonds is 4. The Kier molecular flexibility index (Phi) is 3.97. The van der Waals surface area contributed by atoms with Crippen molar-refractivity contribution >= 4 is 17.4 Å². The Morgan fingerprint density at radius 2 is 2.00 bits per heavy atom. The van der Waals surface area contributed by atoms with E-state index >= 15 is 0 Å². The molecular weight excluding hydrogens is 216 g/mol. The zero-order valence-corrected chi connectivity index (χ0v) is 9.72. The minimum absolute atomic E-state index is 0.0130. The molecule has 0 radical (unpaired) electrons. The molecule has 0 saturated heterocycles. The summed E-state index contributed by atoms with van der Waals surface area (Å²) < 4.78 is 10.2. The van der Waals surface area contributed by atoms with Crippen molar-refractivity contribution in [1.82, 2.24) is 0 Å². The third-order valence-corrected chi connectivity index (χ3v) is 2.48. The van der Waals surface area contributed by atoms with Gasteiger partial charge in [-0.15, -0.1) is 0 Å². The molecule has 0 bridgehead atoms. The average Bonchev–Trinajstić information content (AvgIpc) is 2.27. The molecule has 4 heteroatoms. The van der Waals surface area contributed by atoms with Gasteiger partial charge in [0.2, 0.25) is 0 Å². The van der Waals surface area contributed by atoms with Crippen LogP contribution < -0.4 is 9.47 Å². The molecule has 82 valence electrons. The fraction of sp³-hybridized carbons (Fsp3) is 0.364. The highest BCUT2D eigenvalue weighted by molar-refractivity contribution is 6.35. The minimum Gasteiger partial charge on any atom is -0.493 e. The molecule has 0 aliphatic rings. The van der Waals surface area contributed by atoms with Crippen LogP contribution in [-0.2, 0) is 0 Å². The number of halogens is 1. The average molecular weight is 229 g/mol. The van der Waals surface area contributed by atoms with E-state index in [9.17, 15) is 4.79 Å². The molecule has 1 rings (SSSR count). The first kappa shape index (κ1) is 11.9. The van der Waals surface area contributed by atoms with Crippen molar-refractivity contribution in [2.24, 2.45) is 0 Å². The molecule has 0 aliphatic heterocycles. The van der Waals surface area contributed by atoms with Crippen LogP contribution in [-0.4, -0.2) is 20.0 Å². The molecule has 1 aromatic carbocycles. The number of carbonyl (C=O) groups is 1. The lowest BCUT2D eigenvalue weighted by molar-refractivity contribution is 0.0988. The normalized spacial score (nSPS) is 9.87. The molecule has 0 N–H and O–H groups in total. The number of methoxy groups -OCH3 is 2. The number of benzene rings is 1. The van der Waals surface area contributed by atoms with Crippen molar-refractivity contribution in [2.45, 2.75) is 13.3 Å². The monoisotopic (exact) mass is 228 g/mol. The van der Waals surface area contributed by atoms with Crippen molar-refractivity contribution < 1.29 is 14.3 Å². The molecule has 1 aromatic rings. The van der Waals surface area contributed by atoms with Crippen molar-refractivity contribution in [3.63, 3.8) is 0 Å². The highest BCUT2D eigenvalue weighted by atomic mass is 35.5. The molecule has 15 heavy (non-hydrogen) atoms. The Hall–Kier alpha value is -1.22. The molecule has 0 spiro atoms. The fourth-order valence-corrected chi connectivity index (χ4v) is 1.63. The smallest absolute Gasteiger partial charge is 0.180 e. The van der Waals surface area contributed by atoms with E-state index in [1.807, 2.05) is 0 Å². The van der Waals surface area contributed by atoms with Gasteiger partial charge in [0.1, 0.15) is 0 Å². The number of hydrogen-bond acceptors (Lipinski definition) is 3. The first-order valence-electron chi connectivity index (χ1n) is 4.59. The van der Waals surface area contributed by atoms with E-state index in [0.717, 1.165) is 0 Å². The van der Waals surface area contributed by atoms with Crippen molar-refractivity contribution in [2.75, 3.05) is 14.2 Å². The quantitative estimate of drug-likeness (QED) is 0.744. The molecule has 0 aromatic heterocycles. The zero-order chi connectivity index (χ0) is 11.4. The lowest BCUT2D eigenvalue weighted by Gasteiger charge is -2.11. The van der Waals surface area contributed by atoms with Crippen LogP contribution in [0.25, 0.3) is 0 Å². The predicted octanol–water partition coefficient (Wildman–Crippen LogP) is 2.95. The van der Waals surface area contributed by atoms with E-state index in [1.165, 1.54) is 14.2 Å². The SMILES string of the molecule is CCC(=O)c1ccc(OC)c(OC)c1Cl. The molecule has 0 fully saturated rings. The predicted molar refractivity (Wildman–Crippen MR) is 59.2 cm³/mol. The van der Waals surface area contributed by atoms with Crippen LogP contribution >= 0.6 is 11.6 Å². The maximum atomic E-state index is 11.5. The minimum atomic E-state index is -0.0130. The first-order chi connectivity index (χ1) is 7.15. The number of ether oxygens (including phenoxy) is 2. The van der Waals surface area contributed by atoms with Crippen LogP contribution in [0.5, 0.6) is 11.5 Å². The van der Waals surface area contributed by atoms with Gasteiger partial charge in [0.15, 0.2) is 17.3 Å². The van der Waals surface area contributed by atoms with E-state index in [2.05, 4.69) is 0 Å². The molecule has 0 atom stereocenters. The van der Waals surface area contributed by atoms with Gasteiger partial charge >= 0.3 is 0 Å². The van der Waals surface area contributed by atoms with Crippen LogP contribution in [0, 0.1) is 0 Å². The van der Waals surface area contributed by atoms with Crippen molar-refractivity contribution in [1.29, 1.82) is 0 Å². The number of Topliss-reactive ketones (excluding diaryl/α,β-unsaturated/α-hetero) is 1. The molecule has 0 saturated carbocycles. The fourth-order valence-electron chi connectivity index (χ4n) is 1.30. The van der Waals surface area contributed by atoms with Gasteiger partial charge in [0, 0.05) is 12.0 Å². The first-order valence-corrected chi connectivity index (χ1v) is 4.97. The van der Waals surface area contributed by atoms with Crippen molar-refractivity contribution in [3.05, 3.63) is 22.7 Å². The summed E-state index contributed by atoms with van der Waals surface area (Å²) in [5, 5.41) is 0.309. The summed E-state index contributed by atoms with van der Waals surface area (Å²) in [6.45, 7) is 1.79. The Balaban J connectivity index is 3.29. The largest absolute Gasteiger partial charge is 0.493 e. The molecule has 0 aliphatic carbocycles. The maximum absolute atomic E-state index is 11.5. The number of carbonyl (C=O) groups excluding carboxylic acids is 1. The van der Waals surface area contributed by atoms with Gasteiger partial charge in [-0.05, 0) is 12.1 Å². The van der Waals surface area contributed by atoms with Gasteiger partial charge in [-0.2, -0.15) is 0 Å². The van der Waals surface area contributed by atoms with Gasteiger partial charge in [-0.3, -0.25) is 4.79 Å². The highest BCUT2D eigenvalue weighted by Crippen LogP contribution is 2.37. The van der Waals surface area contributed by atoms with Gasteiger partial charge in [0.25, 0.3) is 0 Å². The van der Waals surface area contributed by atoms with E-state index in [-0.39, 0.29) is 5.78 Å². The van der Waals surface area contributed by atoms with Crippen molar-refractivity contribution in [3.8, 4) is 11.5 Å². The second kappa shape index (κ2) is 5.03. The van der Waals surface area contributed by atoms with E-state index in [0.29, 0.717) is 28.5 Å². The number of hydrogen-bond donors (Lipinski definition) is 0. The standard InChI is InChI=1S/C11H13ClO3/c1-4-8(13)7-5-6-9(14-2)11(15-3)10(7)12/h5-6H,4H2,1-3H3. The third kappa shape index (κ3) is 2.23. The molecule has 0 heterocycles. The Bertz CT molecular complexity index is 374. The summed E-state index contributed by atoms with van der Waals surface area (Å²) in [5.41, 5.74) is 0.469. The molecular formula is C11H13ClO3. The Morgan fingerprint density at radius 1 is 1.33 bits per heavy atom. The summed E-state index contributed by atoms with van der Waals surface area (Å²) in [4.78, 5) is 11.5. The summed E-state index contributed by atoms with van der Waals surface area (Å²) >= 11 is 6.04. The van der Waals surface area contributed by atoms with Crippen LogP contribution in [0.15, 0.2) is 12.1 Å². The highest BCUT2D eigenvalue weighted by Gasteiger charge is 2.16. The van der Waals surface area contributed by atoms with Crippen LogP contribution in [0.2, 0.25) is 5.02 Å². The van der Waals surface area contributed by atoms with E-state index in [4.69, 9.17) is 21.1 Å². The van der Waals surface area contributed by atoms with Gasteiger partial charge in [0.05, 0.1) is 19.2 Å². The van der Waals surface area contributed by atoms with Gasteiger partial charge in [-0.25, -0.2) is 0 Å². The molecule has 0 amide bonds. The Labute approximate surface area is 93.9 Å². The van der Waals surface area contributed by atoms with Crippen LogP contribution in [0.1, 0.15) is 23.7 Å². The topological polar surface area (TPSA) is 35.5 Å². The summed E-state index contributed by atoms with van der Waals surface area (Å²) in [5.74, 6) is 0.912. The van der Waals surface area contributed by atoms with E-state index in [1.54, 1.807) is 19.1 Å². The van der Waals surface area contributed by atoms with Gasteiger partial charge < -0.3 is 9.47 Å². The summed E-state index contributed by atoms with van der Waals surface area (Å²) in [6.07, 6.45) is 0.412. The third-order valence-electron chi connectivity index (χ3n) is 2.11. The second-order valence-electron chi connectivity index (χ2n) is 2.94. The summed E-state index contributed by atoms with van der Waals surface area (Å²) in [7, 11) is 3.01. The second-order valence-corrected chi connectivity index (χ2v) is 3.32. The summed E-state index contributed by atoms with van der Waals surface area (Å²) in [6, 6.07) is 3.32. The maximum Gasteiger partial charge on any atom is 0.180 e. The molecule has 0 unspecified atom stereocenters. The lowest BCUT2D eigenvalue weighted by atomic mass is 10.1. The lowest BCUT2D eigenvalue weighted by Crippen LogP contribution is -2.00. The Morgan fingerprint density at radius 3 is 2.47 bits per heavy atom. The van der Waals surface area contributed by atoms with Crippen LogP contribution in [0.3, 0.4) is 0 Å². The van der Waals surface area contributed by atoms with Crippen LogP contribution in [0.4, 0.5) is 0 Å². The molecule has 3 nitrogen and oxygen atoms in total. The van der Waals surface area contributed by atoms with E-state index < -0.39 is 0 Å². The zero-order valence-electron chi connectivity index (χ0n) is 8.96. The van der Waals surface area contributed by atoms with Gasteiger partial charge in [-0.1, -0.05) is 18.5 Å². The number of ketones is 1.